The summed E-state index contributed by atoms with van der Waals surface area (Å²) in [5.74, 6) is -1.06. The van der Waals surface area contributed by atoms with Crippen molar-refractivity contribution in [2.75, 3.05) is 13.2 Å². The maximum atomic E-state index is 13.8. The molecule has 0 amide bonds. The number of aliphatic hydroxyl groups is 1. The Morgan fingerprint density at radius 3 is 2.39 bits per heavy atom. The summed E-state index contributed by atoms with van der Waals surface area (Å²) in [5.41, 5.74) is 4.02. The van der Waals surface area contributed by atoms with Gasteiger partial charge in [-0.15, -0.1) is 12.4 Å². The zero-order chi connectivity index (χ0) is 27.0. The van der Waals surface area contributed by atoms with Gasteiger partial charge in [0.15, 0.2) is 5.96 Å². The van der Waals surface area contributed by atoms with E-state index >= 15 is 0 Å². The number of aromatic nitrogens is 2. The van der Waals surface area contributed by atoms with E-state index in [1.165, 1.54) is 23.1 Å². The Morgan fingerprint density at radius 1 is 1.11 bits per heavy atom. The topological polar surface area (TPSA) is 121 Å². The summed E-state index contributed by atoms with van der Waals surface area (Å²) in [6.07, 6.45) is -9.86. The second-order valence-corrected chi connectivity index (χ2v) is 8.34. The average molecular weight is 566 g/mol. The molecule has 206 valence electrons. The minimum Gasteiger partial charge on any atom is -0.493 e. The highest BCUT2D eigenvalue weighted by Crippen LogP contribution is 2.39. The van der Waals surface area contributed by atoms with Gasteiger partial charge in [-0.1, -0.05) is 17.3 Å². The second kappa shape index (κ2) is 11.1. The monoisotopic (exact) mass is 565 g/mol. The summed E-state index contributed by atoms with van der Waals surface area (Å²) in [6, 6.07) is 6.54. The molecule has 38 heavy (non-hydrogen) atoms. The Morgan fingerprint density at radius 2 is 1.79 bits per heavy atom. The van der Waals surface area contributed by atoms with Crippen LogP contribution in [0.4, 0.5) is 26.3 Å². The number of hydrogen-bond acceptors (Lipinski definition) is 6. The van der Waals surface area contributed by atoms with Crippen LogP contribution in [0.5, 0.6) is 5.75 Å². The van der Waals surface area contributed by atoms with Crippen LogP contribution in [0.1, 0.15) is 35.0 Å². The van der Waals surface area contributed by atoms with Gasteiger partial charge in [0, 0.05) is 18.5 Å². The zero-order valence-corrected chi connectivity index (χ0v) is 20.2. The molecule has 0 bridgehead atoms. The number of rotatable bonds is 6. The number of ether oxygens (including phenoxy) is 1. The van der Waals surface area contributed by atoms with Crippen molar-refractivity contribution in [1.29, 1.82) is 5.41 Å². The molecular weight excluding hydrogens is 544 g/mol. The fourth-order valence-electron chi connectivity index (χ4n) is 3.97. The van der Waals surface area contributed by atoms with Gasteiger partial charge >= 0.3 is 12.4 Å². The van der Waals surface area contributed by atoms with Gasteiger partial charge in [-0.2, -0.15) is 31.3 Å². The van der Waals surface area contributed by atoms with Gasteiger partial charge in [0.1, 0.15) is 11.8 Å². The lowest BCUT2D eigenvalue weighted by molar-refractivity contribution is -0.139. The standard InChI is InChI=1S/C23H21F6N5O3.ClH/c24-22(25,26)14-4-1-12(2-5-14)8-10-36-17-6-3-13(11-15(17)23(27,28)29)19-32-20(37-33-19)18-16(35)7-9-34(18)21(30)31;/h1-6,11,16,18,35H,7-10H2,(H3,30,31);1H/t16-,18-;/m0./s1. The third-order valence-corrected chi connectivity index (χ3v) is 5.84. The van der Waals surface area contributed by atoms with Gasteiger partial charge in [-0.3, -0.25) is 5.41 Å². The molecule has 2 atom stereocenters. The number of hydrogen-bond donors (Lipinski definition) is 3. The first-order valence-electron chi connectivity index (χ1n) is 11.0. The first kappa shape index (κ1) is 29.0. The number of nitrogens with one attached hydrogen (secondary N) is 1. The molecule has 1 aromatic heterocycles. The predicted octanol–water partition coefficient (Wildman–Crippen LogP) is 4.82. The van der Waals surface area contributed by atoms with E-state index < -0.39 is 41.4 Å². The van der Waals surface area contributed by atoms with Crippen molar-refractivity contribution in [3.8, 4) is 17.1 Å². The van der Waals surface area contributed by atoms with Gasteiger partial charge < -0.3 is 25.0 Å². The first-order chi connectivity index (χ1) is 17.3. The molecule has 1 fully saturated rings. The number of guanidine groups is 1. The number of nitrogens with zero attached hydrogens (tertiary/aromatic N) is 3. The number of benzene rings is 2. The smallest absolute Gasteiger partial charge is 0.419 e. The van der Waals surface area contributed by atoms with Crippen molar-refractivity contribution in [2.45, 2.75) is 37.3 Å². The molecule has 2 aromatic carbocycles. The van der Waals surface area contributed by atoms with E-state index in [4.69, 9.17) is 20.4 Å². The quantitative estimate of drug-likeness (QED) is 0.223. The fourth-order valence-corrected chi connectivity index (χ4v) is 3.97. The summed E-state index contributed by atoms with van der Waals surface area (Å²) >= 11 is 0. The normalized spacial score (nSPS) is 17.8. The van der Waals surface area contributed by atoms with Gasteiger partial charge in [0.2, 0.25) is 5.82 Å². The lowest BCUT2D eigenvalue weighted by Gasteiger charge is -2.22. The molecule has 0 radical (unpaired) electrons. The van der Waals surface area contributed by atoms with E-state index in [1.54, 1.807) is 0 Å². The predicted molar refractivity (Wildman–Crippen MR) is 125 cm³/mol. The summed E-state index contributed by atoms with van der Waals surface area (Å²) in [6.45, 7) is 0.0657. The van der Waals surface area contributed by atoms with Gasteiger partial charge in [0.25, 0.3) is 5.89 Å². The van der Waals surface area contributed by atoms with Gasteiger partial charge in [-0.05, 0) is 42.3 Å². The van der Waals surface area contributed by atoms with E-state index in [-0.39, 0.29) is 55.2 Å². The zero-order valence-electron chi connectivity index (χ0n) is 19.4. The van der Waals surface area contributed by atoms with Crippen LogP contribution in [0.25, 0.3) is 11.4 Å². The highest BCUT2D eigenvalue weighted by Gasteiger charge is 2.40. The van der Waals surface area contributed by atoms with Crippen LogP contribution >= 0.6 is 12.4 Å². The van der Waals surface area contributed by atoms with Crippen LogP contribution in [0.15, 0.2) is 47.0 Å². The molecule has 2 heterocycles. The molecule has 0 spiro atoms. The first-order valence-corrected chi connectivity index (χ1v) is 11.0. The Bertz CT molecular complexity index is 1270. The highest BCUT2D eigenvalue weighted by molar-refractivity contribution is 5.85. The minimum atomic E-state index is -4.79. The van der Waals surface area contributed by atoms with E-state index in [0.717, 1.165) is 24.3 Å². The van der Waals surface area contributed by atoms with Crippen LogP contribution in [-0.2, 0) is 18.8 Å². The molecule has 4 N–H and O–H groups in total. The molecule has 1 saturated heterocycles. The molecule has 3 aromatic rings. The summed E-state index contributed by atoms with van der Waals surface area (Å²) in [5, 5.41) is 21.5. The van der Waals surface area contributed by atoms with Crippen molar-refractivity contribution in [3.63, 3.8) is 0 Å². The van der Waals surface area contributed by atoms with E-state index in [1.807, 2.05) is 0 Å². The molecule has 1 aliphatic rings. The maximum absolute atomic E-state index is 13.8. The molecule has 4 rings (SSSR count). The average Bonchev–Trinajstić information content (AvgIpc) is 3.45. The molecule has 0 saturated carbocycles. The molecule has 0 aliphatic carbocycles. The Balaban J connectivity index is 0.00000400. The SMILES string of the molecule is Cl.N=C(N)N1CC[C@H](O)[C@H]1c1nc(-c2ccc(OCCc3ccc(C(F)(F)F)cc3)c(C(F)(F)F)c2)no1. The van der Waals surface area contributed by atoms with Crippen LogP contribution in [-0.4, -0.2) is 45.4 Å². The number of likely N-dealkylation sites (tertiary alicyclic amines) is 1. The van der Waals surface area contributed by atoms with Crippen molar-refractivity contribution in [2.24, 2.45) is 5.73 Å². The molecule has 15 heteroatoms. The Hall–Kier alpha value is -3.52. The highest BCUT2D eigenvalue weighted by atomic mass is 35.5. The lowest BCUT2D eigenvalue weighted by atomic mass is 10.1. The minimum absolute atomic E-state index is 0. The Kier molecular flexibility index (Phi) is 8.46. The summed E-state index contributed by atoms with van der Waals surface area (Å²) < 4.78 is 89.8. The number of halogens is 7. The molecule has 1 aliphatic heterocycles. The fraction of sp³-hybridized carbons (Fsp3) is 0.348. The lowest BCUT2D eigenvalue weighted by Crippen LogP contribution is -2.37. The number of alkyl halides is 6. The van der Waals surface area contributed by atoms with Crippen molar-refractivity contribution in [3.05, 3.63) is 65.0 Å². The molecule has 0 unspecified atom stereocenters. The largest absolute Gasteiger partial charge is 0.493 e. The third kappa shape index (κ3) is 6.30. The number of aliphatic hydroxyl groups excluding tert-OH is 1. The van der Waals surface area contributed by atoms with Crippen molar-refractivity contribution in [1.82, 2.24) is 15.0 Å². The third-order valence-electron chi connectivity index (χ3n) is 5.84. The molecule has 8 nitrogen and oxygen atoms in total. The van der Waals surface area contributed by atoms with E-state index in [0.29, 0.717) is 12.0 Å². The van der Waals surface area contributed by atoms with E-state index in [2.05, 4.69) is 10.1 Å². The van der Waals surface area contributed by atoms with Gasteiger partial charge in [0.05, 0.1) is 23.8 Å². The van der Waals surface area contributed by atoms with Crippen molar-refractivity contribution >= 4 is 18.4 Å². The van der Waals surface area contributed by atoms with Crippen molar-refractivity contribution < 1.29 is 40.7 Å². The molecular formula is C23H22ClF6N5O3. The van der Waals surface area contributed by atoms with Crippen LogP contribution in [0, 0.1) is 5.41 Å². The van der Waals surface area contributed by atoms with Gasteiger partial charge in [-0.25, -0.2) is 0 Å². The van der Waals surface area contributed by atoms with E-state index in [9.17, 15) is 31.4 Å². The number of nitrogens with two attached hydrogens (primary N) is 1. The summed E-state index contributed by atoms with van der Waals surface area (Å²) in [7, 11) is 0. The maximum Gasteiger partial charge on any atom is 0.419 e. The second-order valence-electron chi connectivity index (χ2n) is 8.34. The summed E-state index contributed by atoms with van der Waals surface area (Å²) in [4.78, 5) is 5.45. The van der Waals surface area contributed by atoms with Crippen LogP contribution in [0.3, 0.4) is 0 Å². The van der Waals surface area contributed by atoms with Crippen LogP contribution < -0.4 is 10.5 Å². The Labute approximate surface area is 218 Å². The van der Waals surface area contributed by atoms with Crippen LogP contribution in [0.2, 0.25) is 0 Å².